The number of aliphatic carboxylic acids is 1. The van der Waals surface area contributed by atoms with Crippen molar-refractivity contribution in [3.05, 3.63) is 41.0 Å². The number of nitrogens with zero attached hydrogens (tertiary/aromatic N) is 1. The third-order valence-electron chi connectivity index (χ3n) is 3.67. The molecule has 112 valence electrons. The molecule has 5 nitrogen and oxygen atoms in total. The molecule has 5 heteroatoms. The van der Waals surface area contributed by atoms with Crippen molar-refractivity contribution in [3.63, 3.8) is 0 Å². The number of nitrogens with one attached hydrogen (secondary N) is 1. The number of benzene rings is 1. The summed E-state index contributed by atoms with van der Waals surface area (Å²) in [7, 11) is 2.03. The van der Waals surface area contributed by atoms with Gasteiger partial charge in [-0.25, -0.2) is 4.79 Å². The van der Waals surface area contributed by atoms with Crippen molar-refractivity contribution in [2.75, 3.05) is 20.1 Å². The first-order valence-corrected chi connectivity index (χ1v) is 6.97. The van der Waals surface area contributed by atoms with E-state index in [1.54, 1.807) is 12.1 Å². The van der Waals surface area contributed by atoms with Gasteiger partial charge >= 0.3 is 5.97 Å². The van der Waals surface area contributed by atoms with E-state index in [1.165, 1.54) is 6.08 Å². The summed E-state index contributed by atoms with van der Waals surface area (Å²) in [6, 6.07) is 5.50. The Kier molecular flexibility index (Phi) is 4.75. The van der Waals surface area contributed by atoms with Crippen LogP contribution in [0.2, 0.25) is 0 Å². The average molecular weight is 288 g/mol. The van der Waals surface area contributed by atoms with E-state index in [0.29, 0.717) is 5.56 Å². The van der Waals surface area contributed by atoms with Gasteiger partial charge in [0.25, 0.3) is 5.91 Å². The Morgan fingerprint density at radius 2 is 2.19 bits per heavy atom. The van der Waals surface area contributed by atoms with Crippen LogP contribution < -0.4 is 5.32 Å². The minimum atomic E-state index is -1.00. The zero-order valence-corrected chi connectivity index (χ0v) is 12.3. The predicted octanol–water partition coefficient (Wildman–Crippen LogP) is 1.53. The van der Waals surface area contributed by atoms with Gasteiger partial charge in [0.2, 0.25) is 0 Å². The topological polar surface area (TPSA) is 69.6 Å². The summed E-state index contributed by atoms with van der Waals surface area (Å²) < 4.78 is 0. The third kappa shape index (κ3) is 4.16. The largest absolute Gasteiger partial charge is 0.478 e. The van der Waals surface area contributed by atoms with E-state index in [1.807, 2.05) is 20.0 Å². The van der Waals surface area contributed by atoms with E-state index < -0.39 is 5.97 Å². The zero-order valence-electron chi connectivity index (χ0n) is 12.3. The number of rotatable bonds is 4. The van der Waals surface area contributed by atoms with Gasteiger partial charge in [0, 0.05) is 24.2 Å². The van der Waals surface area contributed by atoms with Crippen LogP contribution in [0.3, 0.4) is 0 Å². The Hall–Kier alpha value is -2.14. The van der Waals surface area contributed by atoms with Gasteiger partial charge in [-0.2, -0.15) is 0 Å². The highest BCUT2D eigenvalue weighted by Gasteiger charge is 2.21. The maximum Gasteiger partial charge on any atom is 0.328 e. The second-order valence-corrected chi connectivity index (χ2v) is 5.46. The van der Waals surface area contributed by atoms with E-state index in [-0.39, 0.29) is 11.9 Å². The summed E-state index contributed by atoms with van der Waals surface area (Å²) in [4.78, 5) is 25.0. The zero-order chi connectivity index (χ0) is 15.4. The van der Waals surface area contributed by atoms with Crippen LogP contribution in [0.4, 0.5) is 0 Å². The Bertz CT molecular complexity index is 581. The van der Waals surface area contributed by atoms with Gasteiger partial charge in [0.05, 0.1) is 0 Å². The molecule has 1 fully saturated rings. The van der Waals surface area contributed by atoms with Crippen LogP contribution in [0.25, 0.3) is 6.08 Å². The molecule has 1 atom stereocenters. The third-order valence-corrected chi connectivity index (χ3v) is 3.67. The number of carboxylic acids is 1. The minimum Gasteiger partial charge on any atom is -0.478 e. The van der Waals surface area contributed by atoms with Crippen molar-refractivity contribution in [2.45, 2.75) is 19.4 Å². The van der Waals surface area contributed by atoms with Crippen LogP contribution in [-0.4, -0.2) is 48.1 Å². The highest BCUT2D eigenvalue weighted by molar-refractivity contribution is 5.95. The number of carboxylic acid groups (broad SMARTS) is 1. The second kappa shape index (κ2) is 6.54. The highest BCUT2D eigenvalue weighted by atomic mass is 16.4. The summed E-state index contributed by atoms with van der Waals surface area (Å²) in [6.07, 6.45) is 3.55. The molecule has 21 heavy (non-hydrogen) atoms. The Morgan fingerprint density at radius 1 is 1.43 bits per heavy atom. The van der Waals surface area contributed by atoms with Gasteiger partial charge < -0.3 is 15.3 Å². The molecule has 1 aliphatic rings. The summed E-state index contributed by atoms with van der Waals surface area (Å²) >= 11 is 0. The molecular formula is C16H20N2O3. The number of aryl methyl sites for hydroxylation is 1. The van der Waals surface area contributed by atoms with Crippen LogP contribution in [0.15, 0.2) is 24.3 Å². The molecule has 0 bridgehead atoms. The number of likely N-dealkylation sites (tertiary alicyclic amines) is 1. The molecule has 0 radical (unpaired) electrons. The van der Waals surface area contributed by atoms with Crippen LogP contribution in [0, 0.1) is 6.92 Å². The SMILES string of the molecule is Cc1ccc(C(=O)NC2CCN(C)C2)cc1/C=C/C(=O)O. The van der Waals surface area contributed by atoms with Gasteiger partial charge in [0.15, 0.2) is 0 Å². The fourth-order valence-electron chi connectivity index (χ4n) is 2.44. The fourth-order valence-corrected chi connectivity index (χ4v) is 2.44. The maximum absolute atomic E-state index is 12.2. The molecule has 1 amide bonds. The molecule has 1 heterocycles. The molecule has 1 unspecified atom stereocenters. The first-order valence-electron chi connectivity index (χ1n) is 6.97. The smallest absolute Gasteiger partial charge is 0.328 e. The summed E-state index contributed by atoms with van der Waals surface area (Å²) in [5.41, 5.74) is 2.23. The van der Waals surface area contributed by atoms with Crippen LogP contribution in [0.5, 0.6) is 0 Å². The lowest BCUT2D eigenvalue weighted by atomic mass is 10.0. The molecule has 1 aromatic rings. The quantitative estimate of drug-likeness (QED) is 0.824. The van der Waals surface area contributed by atoms with Crippen molar-refractivity contribution in [2.24, 2.45) is 0 Å². The molecule has 1 aromatic carbocycles. The van der Waals surface area contributed by atoms with Crippen LogP contribution >= 0.6 is 0 Å². The number of amides is 1. The van der Waals surface area contributed by atoms with Crippen LogP contribution in [0.1, 0.15) is 27.9 Å². The molecule has 2 N–H and O–H groups in total. The van der Waals surface area contributed by atoms with E-state index in [9.17, 15) is 9.59 Å². The number of hydrogen-bond donors (Lipinski definition) is 2. The van der Waals surface area contributed by atoms with Crippen molar-refractivity contribution in [3.8, 4) is 0 Å². The van der Waals surface area contributed by atoms with Gasteiger partial charge in [-0.1, -0.05) is 6.07 Å². The molecule has 0 saturated carbocycles. The number of carbonyl (C=O) groups is 2. The lowest BCUT2D eigenvalue weighted by Gasteiger charge is -2.13. The summed E-state index contributed by atoms with van der Waals surface area (Å²) in [5.74, 6) is -1.11. The van der Waals surface area contributed by atoms with Crippen molar-refractivity contribution >= 4 is 18.0 Å². The van der Waals surface area contributed by atoms with Gasteiger partial charge in [-0.15, -0.1) is 0 Å². The maximum atomic E-state index is 12.2. The monoisotopic (exact) mass is 288 g/mol. The molecular weight excluding hydrogens is 268 g/mol. The van der Waals surface area contributed by atoms with E-state index in [2.05, 4.69) is 10.2 Å². The van der Waals surface area contributed by atoms with Crippen molar-refractivity contribution in [1.29, 1.82) is 0 Å². The Morgan fingerprint density at radius 3 is 2.81 bits per heavy atom. The Balaban J connectivity index is 2.10. The summed E-state index contributed by atoms with van der Waals surface area (Å²) in [6.45, 7) is 3.74. The van der Waals surface area contributed by atoms with E-state index in [0.717, 1.165) is 36.7 Å². The first-order chi connectivity index (χ1) is 9.95. The van der Waals surface area contributed by atoms with Crippen LogP contribution in [-0.2, 0) is 4.79 Å². The van der Waals surface area contributed by atoms with Gasteiger partial charge in [0.1, 0.15) is 0 Å². The number of carbonyl (C=O) groups excluding carboxylic acids is 1. The number of likely N-dealkylation sites (N-methyl/N-ethyl adjacent to an activating group) is 1. The van der Waals surface area contributed by atoms with Gasteiger partial charge in [-0.05, 0) is 56.3 Å². The predicted molar refractivity (Wildman–Crippen MR) is 81.2 cm³/mol. The van der Waals surface area contributed by atoms with E-state index in [4.69, 9.17) is 5.11 Å². The standard InChI is InChI=1S/C16H20N2O3/c1-11-3-4-13(9-12(11)5-6-15(19)20)16(21)17-14-7-8-18(2)10-14/h3-6,9,14H,7-8,10H2,1-2H3,(H,17,21)(H,19,20)/b6-5+. The first kappa shape index (κ1) is 15.3. The molecule has 2 rings (SSSR count). The lowest BCUT2D eigenvalue weighted by molar-refractivity contribution is -0.131. The second-order valence-electron chi connectivity index (χ2n) is 5.46. The fraction of sp³-hybridized carbons (Fsp3) is 0.375. The molecule has 1 saturated heterocycles. The average Bonchev–Trinajstić information content (AvgIpc) is 2.83. The van der Waals surface area contributed by atoms with E-state index >= 15 is 0 Å². The minimum absolute atomic E-state index is 0.111. The highest BCUT2D eigenvalue weighted by Crippen LogP contribution is 2.14. The molecule has 0 aromatic heterocycles. The van der Waals surface area contributed by atoms with Crippen molar-refractivity contribution in [1.82, 2.24) is 10.2 Å². The summed E-state index contributed by atoms with van der Waals surface area (Å²) in [5, 5.41) is 11.7. The molecule has 0 spiro atoms. The van der Waals surface area contributed by atoms with Gasteiger partial charge in [-0.3, -0.25) is 4.79 Å². The Labute approximate surface area is 124 Å². The number of hydrogen-bond acceptors (Lipinski definition) is 3. The normalized spacial score (nSPS) is 19.0. The molecule has 1 aliphatic heterocycles. The molecule has 0 aliphatic carbocycles. The van der Waals surface area contributed by atoms with Crippen molar-refractivity contribution < 1.29 is 14.7 Å². The lowest BCUT2D eigenvalue weighted by Crippen LogP contribution is -2.36.